The van der Waals surface area contributed by atoms with E-state index in [-0.39, 0.29) is 0 Å². The van der Waals surface area contributed by atoms with Crippen molar-refractivity contribution >= 4 is 61.3 Å². The molecule has 1 aliphatic rings. The molecule has 2 heteroatoms. The average Bonchev–Trinajstić information content (AvgIpc) is 3.17. The lowest BCUT2D eigenvalue weighted by molar-refractivity contribution is 1.44. The lowest BCUT2D eigenvalue weighted by Crippen LogP contribution is -2.73. The monoisotopic (exact) mass is 409 g/mol. The maximum atomic E-state index is 4.93. The topological polar surface area (TPSA) is 12.9 Å². The molecule has 2 heterocycles. The van der Waals surface area contributed by atoms with Gasteiger partial charge in [0.25, 0.3) is 0 Å². The van der Waals surface area contributed by atoms with Crippen molar-refractivity contribution in [3.05, 3.63) is 115 Å². The van der Waals surface area contributed by atoms with Crippen LogP contribution in [0.2, 0.25) is 0 Å². The number of hydrogen-bond acceptors (Lipinski definition) is 1. The van der Waals surface area contributed by atoms with Gasteiger partial charge in [0.1, 0.15) is 0 Å². The Bertz CT molecular complexity index is 1500. The van der Waals surface area contributed by atoms with Gasteiger partial charge in [0.15, 0.2) is 8.07 Å². The first-order valence-corrected chi connectivity index (χ1v) is 12.7. The van der Waals surface area contributed by atoms with Crippen LogP contribution in [0.15, 0.2) is 115 Å². The van der Waals surface area contributed by atoms with E-state index < -0.39 is 8.07 Å². The van der Waals surface area contributed by atoms with E-state index in [0.29, 0.717) is 0 Å². The normalized spacial score (nSPS) is 14.1. The first-order valence-electron chi connectivity index (χ1n) is 10.7. The predicted molar refractivity (Wildman–Crippen MR) is 134 cm³/mol. The van der Waals surface area contributed by atoms with E-state index in [1.54, 1.807) is 0 Å². The van der Waals surface area contributed by atoms with Crippen molar-refractivity contribution in [3.63, 3.8) is 0 Å². The van der Waals surface area contributed by atoms with Crippen LogP contribution in [0, 0.1) is 0 Å². The molecule has 6 aromatic rings. The second kappa shape index (κ2) is 6.13. The van der Waals surface area contributed by atoms with Gasteiger partial charge in [-0.1, -0.05) is 103 Å². The third-order valence-corrected chi connectivity index (χ3v) is 11.8. The summed E-state index contributed by atoms with van der Waals surface area (Å²) in [6, 6.07) is 40.3. The summed E-state index contributed by atoms with van der Waals surface area (Å²) in [7, 11) is -2.43. The molecule has 0 N–H and O–H groups in total. The van der Waals surface area contributed by atoms with Crippen molar-refractivity contribution in [2.75, 3.05) is 0 Å². The number of benzene rings is 5. The highest BCUT2D eigenvalue weighted by Crippen LogP contribution is 2.36. The van der Waals surface area contributed by atoms with E-state index in [0.717, 1.165) is 5.52 Å². The minimum absolute atomic E-state index is 1.13. The van der Waals surface area contributed by atoms with E-state index in [9.17, 15) is 0 Å². The molecule has 0 unspecified atom stereocenters. The molecule has 7 rings (SSSR count). The van der Waals surface area contributed by atoms with Gasteiger partial charge in [-0.3, -0.25) is 4.98 Å². The summed E-state index contributed by atoms with van der Waals surface area (Å²) in [4.78, 5) is 4.93. The van der Waals surface area contributed by atoms with Gasteiger partial charge in [0.2, 0.25) is 0 Å². The number of pyridine rings is 1. The van der Waals surface area contributed by atoms with Crippen LogP contribution in [0.4, 0.5) is 0 Å². The van der Waals surface area contributed by atoms with Crippen molar-refractivity contribution in [1.82, 2.24) is 4.98 Å². The molecule has 0 spiro atoms. The summed E-state index contributed by atoms with van der Waals surface area (Å²) in [5.41, 5.74) is 1.13. The lowest BCUT2D eigenvalue weighted by Gasteiger charge is -2.31. The molecule has 0 bridgehead atoms. The summed E-state index contributed by atoms with van der Waals surface area (Å²) >= 11 is 0. The molecular weight excluding hydrogens is 390 g/mol. The summed E-state index contributed by atoms with van der Waals surface area (Å²) in [5.74, 6) is 0. The van der Waals surface area contributed by atoms with Crippen LogP contribution < -0.4 is 20.7 Å². The second-order valence-corrected chi connectivity index (χ2v) is 12.1. The highest BCUT2D eigenvalue weighted by Gasteiger charge is 2.47. The first kappa shape index (κ1) is 17.0. The van der Waals surface area contributed by atoms with Gasteiger partial charge in [-0.2, -0.15) is 0 Å². The predicted octanol–water partition coefficient (Wildman–Crippen LogP) is 4.23. The van der Waals surface area contributed by atoms with Gasteiger partial charge in [-0.05, 0) is 43.0 Å². The highest BCUT2D eigenvalue weighted by atomic mass is 28.3. The van der Waals surface area contributed by atoms with Crippen molar-refractivity contribution in [2.45, 2.75) is 0 Å². The molecule has 0 saturated heterocycles. The minimum atomic E-state index is -2.43. The van der Waals surface area contributed by atoms with Gasteiger partial charge in [0, 0.05) is 17.0 Å². The zero-order chi connectivity index (χ0) is 20.4. The molecule has 5 aromatic carbocycles. The Labute approximate surface area is 181 Å². The van der Waals surface area contributed by atoms with E-state index >= 15 is 0 Å². The number of fused-ring (bicyclic) bond motifs is 3. The average molecular weight is 410 g/mol. The second-order valence-electron chi connectivity index (χ2n) is 8.34. The van der Waals surface area contributed by atoms with E-state index in [2.05, 4.69) is 109 Å². The Morgan fingerprint density at radius 3 is 1.74 bits per heavy atom. The molecule has 1 aromatic heterocycles. The summed E-state index contributed by atoms with van der Waals surface area (Å²) < 4.78 is 0. The smallest absolute Gasteiger partial charge is 0.181 e. The molecule has 1 nitrogen and oxygen atoms in total. The van der Waals surface area contributed by atoms with Crippen LogP contribution in [0.5, 0.6) is 0 Å². The Kier molecular flexibility index (Phi) is 3.36. The molecule has 0 aliphatic carbocycles. The van der Waals surface area contributed by atoms with Crippen LogP contribution in [-0.2, 0) is 0 Å². The zero-order valence-electron chi connectivity index (χ0n) is 16.9. The van der Waals surface area contributed by atoms with Crippen molar-refractivity contribution < 1.29 is 0 Å². The highest BCUT2D eigenvalue weighted by molar-refractivity contribution is 7.23. The van der Waals surface area contributed by atoms with Gasteiger partial charge in [-0.15, -0.1) is 0 Å². The fourth-order valence-electron chi connectivity index (χ4n) is 5.82. The Hall–Kier alpha value is -3.75. The maximum absolute atomic E-state index is 4.93. The summed E-state index contributed by atoms with van der Waals surface area (Å²) in [6.45, 7) is 0. The Morgan fingerprint density at radius 2 is 1.03 bits per heavy atom. The van der Waals surface area contributed by atoms with Crippen molar-refractivity contribution in [1.29, 1.82) is 0 Å². The Morgan fingerprint density at radius 1 is 0.452 bits per heavy atom. The van der Waals surface area contributed by atoms with Gasteiger partial charge in [0.05, 0.1) is 5.52 Å². The van der Waals surface area contributed by atoms with Crippen LogP contribution in [0.25, 0.3) is 32.4 Å². The zero-order valence-corrected chi connectivity index (χ0v) is 17.9. The van der Waals surface area contributed by atoms with Crippen LogP contribution in [-0.4, -0.2) is 13.1 Å². The van der Waals surface area contributed by atoms with Gasteiger partial charge < -0.3 is 0 Å². The molecule has 0 radical (unpaired) electrons. The molecule has 0 amide bonds. The third kappa shape index (κ3) is 2.03. The summed E-state index contributed by atoms with van der Waals surface area (Å²) in [5, 5.41) is 12.5. The largest absolute Gasteiger partial charge is 0.256 e. The first-order chi connectivity index (χ1) is 15.4. The lowest BCUT2D eigenvalue weighted by atomic mass is 9.97. The van der Waals surface area contributed by atoms with E-state index in [4.69, 9.17) is 4.98 Å². The van der Waals surface area contributed by atoms with Crippen LogP contribution >= 0.6 is 0 Å². The third-order valence-electron chi connectivity index (χ3n) is 6.96. The number of hydrogen-bond donors (Lipinski definition) is 0. The Balaban J connectivity index is 1.80. The number of nitrogens with zero attached hydrogens (tertiary/aromatic N) is 1. The standard InChI is InChI=1S/C29H19NSi/c1-3-10-20(11-4-1)31(21-12-5-2-6-13-21)25-17-9-16-23-22-14-7-8-15-24(22)29-28(27(23)25)26(31)18-19-30-29/h1-19H. The molecular formula is C29H19NSi. The van der Waals surface area contributed by atoms with E-state index in [1.807, 2.05) is 6.20 Å². The molecule has 31 heavy (non-hydrogen) atoms. The van der Waals surface area contributed by atoms with Crippen molar-refractivity contribution in [3.8, 4) is 0 Å². The SMILES string of the molecule is c1ccc([Si]2(c3ccccc3)c3cccc4c5ccccc5c5nccc2c5c34)cc1. The number of rotatable bonds is 2. The maximum Gasteiger partial charge on any atom is 0.181 e. The fraction of sp³-hybridized carbons (Fsp3) is 0. The molecule has 0 fully saturated rings. The van der Waals surface area contributed by atoms with E-state index in [1.165, 1.54) is 47.7 Å². The van der Waals surface area contributed by atoms with Gasteiger partial charge >= 0.3 is 0 Å². The molecule has 144 valence electrons. The van der Waals surface area contributed by atoms with Crippen molar-refractivity contribution in [2.24, 2.45) is 0 Å². The quantitative estimate of drug-likeness (QED) is 0.308. The fourth-order valence-corrected chi connectivity index (χ4v) is 11.0. The molecule has 0 saturated carbocycles. The van der Waals surface area contributed by atoms with Gasteiger partial charge in [-0.25, -0.2) is 0 Å². The van der Waals surface area contributed by atoms with Crippen LogP contribution in [0.3, 0.4) is 0 Å². The molecule has 1 aliphatic heterocycles. The minimum Gasteiger partial charge on any atom is -0.256 e. The number of aromatic nitrogens is 1. The molecule has 0 atom stereocenters. The summed E-state index contributed by atoms with van der Waals surface area (Å²) in [6.07, 6.45) is 2.02. The van der Waals surface area contributed by atoms with Crippen LogP contribution in [0.1, 0.15) is 0 Å².